The van der Waals surface area contributed by atoms with Gasteiger partial charge in [0.2, 0.25) is 0 Å². The van der Waals surface area contributed by atoms with Gasteiger partial charge >= 0.3 is 0 Å². The highest BCUT2D eigenvalue weighted by molar-refractivity contribution is 5.92. The largest absolute Gasteiger partial charge is 0.497 e. The van der Waals surface area contributed by atoms with Crippen LogP contribution >= 0.6 is 0 Å². The van der Waals surface area contributed by atoms with E-state index in [1.807, 2.05) is 45.3 Å². The molecule has 1 aromatic carbocycles. The molecule has 0 aliphatic rings. The summed E-state index contributed by atoms with van der Waals surface area (Å²) >= 11 is 0. The number of ether oxygens (including phenoxy) is 1. The van der Waals surface area contributed by atoms with Crippen LogP contribution in [0.15, 0.2) is 41.0 Å². The zero-order valence-corrected chi connectivity index (χ0v) is 13.4. The number of amides is 1. The van der Waals surface area contributed by atoms with Gasteiger partial charge in [0.25, 0.3) is 5.91 Å². The highest BCUT2D eigenvalue weighted by atomic mass is 16.5. The summed E-state index contributed by atoms with van der Waals surface area (Å²) in [7, 11) is 5.61. The number of rotatable bonds is 6. The summed E-state index contributed by atoms with van der Waals surface area (Å²) in [6, 6.07) is 9.69. The van der Waals surface area contributed by atoms with Gasteiger partial charge < -0.3 is 19.4 Å². The van der Waals surface area contributed by atoms with E-state index < -0.39 is 0 Å². The van der Waals surface area contributed by atoms with E-state index in [4.69, 9.17) is 9.15 Å². The van der Waals surface area contributed by atoms with Gasteiger partial charge in [-0.25, -0.2) is 0 Å². The number of benzene rings is 1. The molecule has 2 aromatic rings. The second-order valence-corrected chi connectivity index (χ2v) is 5.40. The molecule has 0 fully saturated rings. The molecule has 118 valence electrons. The van der Waals surface area contributed by atoms with Crippen molar-refractivity contribution in [3.05, 3.63) is 53.5 Å². The predicted octanol–water partition coefficient (Wildman–Crippen LogP) is 2.63. The fourth-order valence-electron chi connectivity index (χ4n) is 2.32. The van der Waals surface area contributed by atoms with E-state index >= 15 is 0 Å². The van der Waals surface area contributed by atoms with Crippen molar-refractivity contribution in [1.29, 1.82) is 0 Å². The molecule has 5 nitrogen and oxygen atoms in total. The first-order chi connectivity index (χ1) is 10.5. The number of hydrogen-bond donors (Lipinski definition) is 1. The minimum Gasteiger partial charge on any atom is -0.497 e. The van der Waals surface area contributed by atoms with Gasteiger partial charge in [0.05, 0.1) is 19.4 Å². The Bertz CT molecular complexity index is 634. The van der Waals surface area contributed by atoms with Crippen LogP contribution in [-0.2, 0) is 0 Å². The SMILES string of the molecule is COc1cccc(C(CNC(=O)c2occc2C)N(C)C)c1. The van der Waals surface area contributed by atoms with Crippen molar-refractivity contribution in [3.8, 4) is 5.75 Å². The third-order valence-electron chi connectivity index (χ3n) is 3.63. The summed E-state index contributed by atoms with van der Waals surface area (Å²) in [5, 5.41) is 2.93. The Morgan fingerprint density at radius 1 is 1.36 bits per heavy atom. The number of furan rings is 1. The lowest BCUT2D eigenvalue weighted by Crippen LogP contribution is -2.34. The number of carbonyl (C=O) groups excluding carboxylic acids is 1. The lowest BCUT2D eigenvalue weighted by Gasteiger charge is -2.25. The highest BCUT2D eigenvalue weighted by Gasteiger charge is 2.18. The average Bonchev–Trinajstić information content (AvgIpc) is 2.93. The molecule has 5 heteroatoms. The van der Waals surface area contributed by atoms with Crippen molar-refractivity contribution < 1.29 is 13.9 Å². The Kier molecular flexibility index (Phi) is 5.22. The summed E-state index contributed by atoms with van der Waals surface area (Å²) < 4.78 is 10.5. The quantitative estimate of drug-likeness (QED) is 0.891. The summed E-state index contributed by atoms with van der Waals surface area (Å²) in [6.45, 7) is 2.34. The molecular formula is C17H22N2O3. The molecule has 0 spiro atoms. The van der Waals surface area contributed by atoms with Gasteiger partial charge in [0, 0.05) is 12.1 Å². The number of nitrogens with zero attached hydrogens (tertiary/aromatic N) is 1. The van der Waals surface area contributed by atoms with E-state index in [2.05, 4.69) is 10.2 Å². The van der Waals surface area contributed by atoms with Crippen LogP contribution in [0.2, 0.25) is 0 Å². The Labute approximate surface area is 130 Å². The predicted molar refractivity (Wildman–Crippen MR) is 85.2 cm³/mol. The maximum Gasteiger partial charge on any atom is 0.287 e. The van der Waals surface area contributed by atoms with Crippen LogP contribution in [0.4, 0.5) is 0 Å². The molecule has 1 heterocycles. The molecular weight excluding hydrogens is 280 g/mol. The smallest absolute Gasteiger partial charge is 0.287 e. The maximum atomic E-state index is 12.2. The van der Waals surface area contributed by atoms with Crippen molar-refractivity contribution in [3.63, 3.8) is 0 Å². The van der Waals surface area contributed by atoms with Crippen LogP contribution in [0.3, 0.4) is 0 Å². The minimum atomic E-state index is -0.197. The van der Waals surface area contributed by atoms with E-state index in [1.54, 1.807) is 13.2 Å². The first-order valence-electron chi connectivity index (χ1n) is 7.15. The van der Waals surface area contributed by atoms with E-state index in [9.17, 15) is 4.79 Å². The van der Waals surface area contributed by atoms with Gasteiger partial charge in [-0.3, -0.25) is 4.79 Å². The summed E-state index contributed by atoms with van der Waals surface area (Å²) in [5.74, 6) is 0.970. The molecule has 1 amide bonds. The van der Waals surface area contributed by atoms with E-state index in [1.165, 1.54) is 6.26 Å². The van der Waals surface area contributed by atoms with Gasteiger partial charge in [-0.05, 0) is 44.8 Å². The van der Waals surface area contributed by atoms with Crippen LogP contribution in [0.1, 0.15) is 27.7 Å². The summed E-state index contributed by atoms with van der Waals surface area (Å²) in [6.07, 6.45) is 1.52. The Hall–Kier alpha value is -2.27. The van der Waals surface area contributed by atoms with Crippen molar-refractivity contribution in [2.75, 3.05) is 27.7 Å². The molecule has 22 heavy (non-hydrogen) atoms. The molecule has 1 N–H and O–H groups in total. The first-order valence-corrected chi connectivity index (χ1v) is 7.15. The number of nitrogens with one attached hydrogen (secondary N) is 1. The van der Waals surface area contributed by atoms with E-state index in [0.29, 0.717) is 12.3 Å². The van der Waals surface area contributed by atoms with Gasteiger partial charge in [0.15, 0.2) is 5.76 Å². The molecule has 0 saturated carbocycles. The maximum absolute atomic E-state index is 12.2. The van der Waals surface area contributed by atoms with E-state index in [-0.39, 0.29) is 11.9 Å². The van der Waals surface area contributed by atoms with Crippen molar-refractivity contribution in [1.82, 2.24) is 10.2 Å². The number of aryl methyl sites for hydroxylation is 1. The molecule has 2 rings (SSSR count). The Balaban J connectivity index is 2.09. The third-order valence-corrected chi connectivity index (χ3v) is 3.63. The van der Waals surface area contributed by atoms with Gasteiger partial charge in [-0.2, -0.15) is 0 Å². The highest BCUT2D eigenvalue weighted by Crippen LogP contribution is 2.22. The van der Waals surface area contributed by atoms with E-state index in [0.717, 1.165) is 16.9 Å². The standard InChI is InChI=1S/C17H22N2O3/c1-12-8-9-22-16(12)17(20)18-11-15(19(2)3)13-6-5-7-14(10-13)21-4/h5-10,15H,11H2,1-4H3,(H,18,20). The van der Waals surface area contributed by atoms with Gasteiger partial charge in [-0.15, -0.1) is 0 Å². The van der Waals surface area contributed by atoms with Crippen molar-refractivity contribution in [2.45, 2.75) is 13.0 Å². The molecule has 0 aliphatic carbocycles. The van der Waals surface area contributed by atoms with Crippen LogP contribution in [0.25, 0.3) is 0 Å². The van der Waals surface area contributed by atoms with Gasteiger partial charge in [-0.1, -0.05) is 12.1 Å². The zero-order chi connectivity index (χ0) is 16.1. The first kappa shape index (κ1) is 16.1. The number of hydrogen-bond acceptors (Lipinski definition) is 4. The number of carbonyl (C=O) groups is 1. The Morgan fingerprint density at radius 3 is 2.73 bits per heavy atom. The zero-order valence-electron chi connectivity index (χ0n) is 13.4. The Morgan fingerprint density at radius 2 is 2.14 bits per heavy atom. The van der Waals surface area contributed by atoms with Crippen molar-refractivity contribution >= 4 is 5.91 Å². The number of likely N-dealkylation sites (N-methyl/N-ethyl adjacent to an activating group) is 1. The average molecular weight is 302 g/mol. The lowest BCUT2D eigenvalue weighted by molar-refractivity contribution is 0.0913. The van der Waals surface area contributed by atoms with Crippen LogP contribution in [-0.4, -0.2) is 38.6 Å². The molecule has 1 aromatic heterocycles. The molecule has 1 atom stereocenters. The second kappa shape index (κ2) is 7.13. The summed E-state index contributed by atoms with van der Waals surface area (Å²) in [5.41, 5.74) is 1.92. The molecule has 0 bridgehead atoms. The monoisotopic (exact) mass is 302 g/mol. The van der Waals surface area contributed by atoms with Crippen molar-refractivity contribution in [2.24, 2.45) is 0 Å². The number of methoxy groups -OCH3 is 1. The second-order valence-electron chi connectivity index (χ2n) is 5.40. The third kappa shape index (κ3) is 3.68. The molecule has 0 radical (unpaired) electrons. The molecule has 0 saturated heterocycles. The van der Waals surface area contributed by atoms with Crippen LogP contribution < -0.4 is 10.1 Å². The van der Waals surface area contributed by atoms with Crippen LogP contribution in [0.5, 0.6) is 5.75 Å². The summed E-state index contributed by atoms with van der Waals surface area (Å²) in [4.78, 5) is 14.2. The normalized spacial score (nSPS) is 12.2. The topological polar surface area (TPSA) is 54.7 Å². The minimum absolute atomic E-state index is 0.0503. The molecule has 0 aliphatic heterocycles. The van der Waals surface area contributed by atoms with Gasteiger partial charge in [0.1, 0.15) is 5.75 Å². The molecule has 1 unspecified atom stereocenters. The van der Waals surface area contributed by atoms with Crippen LogP contribution in [0, 0.1) is 6.92 Å². The fraction of sp³-hybridized carbons (Fsp3) is 0.353. The fourth-order valence-corrected chi connectivity index (χ4v) is 2.32. The lowest BCUT2D eigenvalue weighted by atomic mass is 10.1.